The second kappa shape index (κ2) is 7.02. The average Bonchev–Trinajstić information content (AvgIpc) is 3.08. The summed E-state index contributed by atoms with van der Waals surface area (Å²) in [6, 6.07) is 8.30. The summed E-state index contributed by atoms with van der Waals surface area (Å²) < 4.78 is 14.2. The molecular weight excluding hydrogens is 367 g/mol. The fourth-order valence-electron chi connectivity index (χ4n) is 5.01. The minimum Gasteiger partial charge on any atom is -0.300 e. The summed E-state index contributed by atoms with van der Waals surface area (Å²) in [4.78, 5) is 19.4. The van der Waals surface area contributed by atoms with Crippen molar-refractivity contribution < 1.29 is 9.18 Å². The van der Waals surface area contributed by atoms with E-state index in [4.69, 9.17) is 0 Å². The maximum atomic E-state index is 12.7. The number of hydrogen-bond acceptors (Lipinski definition) is 4. The Balaban J connectivity index is 1.25. The Labute approximate surface area is 169 Å². The average molecular weight is 392 g/mol. The second-order valence-corrected chi connectivity index (χ2v) is 8.79. The lowest BCUT2D eigenvalue weighted by atomic mass is 9.56. The maximum absolute atomic E-state index is 12.7. The van der Waals surface area contributed by atoms with Crippen molar-refractivity contribution in [3.63, 3.8) is 0 Å². The Bertz CT molecular complexity index is 1060. The van der Waals surface area contributed by atoms with E-state index in [2.05, 4.69) is 33.2 Å². The van der Waals surface area contributed by atoms with Gasteiger partial charge in [-0.25, -0.2) is 4.39 Å². The molecule has 0 bridgehead atoms. The molecule has 1 aliphatic heterocycles. The van der Waals surface area contributed by atoms with Gasteiger partial charge < -0.3 is 0 Å². The fourth-order valence-corrected chi connectivity index (χ4v) is 5.01. The zero-order valence-corrected chi connectivity index (χ0v) is 16.6. The molecule has 150 valence electrons. The van der Waals surface area contributed by atoms with Gasteiger partial charge in [0, 0.05) is 68.1 Å². The second-order valence-electron chi connectivity index (χ2n) is 8.79. The van der Waals surface area contributed by atoms with E-state index in [1.807, 2.05) is 31.7 Å². The van der Waals surface area contributed by atoms with Gasteiger partial charge in [0.05, 0.1) is 6.20 Å². The minimum absolute atomic E-state index is 0.141. The van der Waals surface area contributed by atoms with E-state index in [1.54, 1.807) is 4.68 Å². The number of nitrogens with zero attached hydrogens (tertiary/aromatic N) is 4. The number of Topliss-reactive ketones (excluding diaryl/α,β-unsaturated/α-hetero) is 1. The minimum atomic E-state index is -0.283. The third-order valence-corrected chi connectivity index (χ3v) is 6.50. The van der Waals surface area contributed by atoms with Crippen molar-refractivity contribution >= 4 is 16.6 Å². The predicted molar refractivity (Wildman–Crippen MR) is 110 cm³/mol. The number of carbonyl (C=O) groups excluding carboxylic acids is 1. The molecule has 3 heterocycles. The number of ketones is 1. The van der Waals surface area contributed by atoms with E-state index in [-0.39, 0.29) is 23.8 Å². The van der Waals surface area contributed by atoms with Crippen LogP contribution in [-0.4, -0.2) is 51.8 Å². The first-order valence-electron chi connectivity index (χ1n) is 10.2. The highest BCUT2D eigenvalue weighted by atomic mass is 19.1. The summed E-state index contributed by atoms with van der Waals surface area (Å²) >= 11 is 0. The zero-order chi connectivity index (χ0) is 20.0. The van der Waals surface area contributed by atoms with Crippen LogP contribution >= 0.6 is 0 Å². The van der Waals surface area contributed by atoms with Crippen molar-refractivity contribution in [3.8, 4) is 11.1 Å². The zero-order valence-electron chi connectivity index (χ0n) is 16.6. The molecular formula is C23H25FN4O. The SMILES string of the molecule is Cn1cc(-c2ccc3cnc(CC(=O)C4CC5(C4)CN(CCF)C5)cc3c2)cn1. The third-order valence-electron chi connectivity index (χ3n) is 6.50. The molecule has 2 fully saturated rings. The smallest absolute Gasteiger partial charge is 0.141 e. The van der Waals surface area contributed by atoms with Gasteiger partial charge in [-0.15, -0.1) is 0 Å². The van der Waals surface area contributed by atoms with Crippen LogP contribution in [0.3, 0.4) is 0 Å². The molecule has 5 nitrogen and oxygen atoms in total. The van der Waals surface area contributed by atoms with Crippen LogP contribution in [0, 0.1) is 11.3 Å². The number of carbonyl (C=O) groups is 1. The number of halogens is 1. The quantitative estimate of drug-likeness (QED) is 0.645. The van der Waals surface area contributed by atoms with Gasteiger partial charge in [-0.3, -0.25) is 19.4 Å². The third kappa shape index (κ3) is 3.46. The molecule has 6 heteroatoms. The van der Waals surface area contributed by atoms with Gasteiger partial charge in [0.25, 0.3) is 0 Å². The summed E-state index contributed by atoms with van der Waals surface area (Å²) in [7, 11) is 1.91. The monoisotopic (exact) mass is 392 g/mol. The summed E-state index contributed by atoms with van der Waals surface area (Å²) in [6.07, 6.45) is 8.00. The Morgan fingerprint density at radius 1 is 1.17 bits per heavy atom. The number of benzene rings is 1. The number of aryl methyl sites for hydroxylation is 1. The van der Waals surface area contributed by atoms with Crippen molar-refractivity contribution in [1.29, 1.82) is 0 Å². The normalized spacial score (nSPS) is 18.7. The van der Waals surface area contributed by atoms with Crippen molar-refractivity contribution in [2.45, 2.75) is 19.3 Å². The van der Waals surface area contributed by atoms with Gasteiger partial charge in [-0.05, 0) is 41.3 Å². The van der Waals surface area contributed by atoms with Gasteiger partial charge >= 0.3 is 0 Å². The van der Waals surface area contributed by atoms with Gasteiger partial charge in [-0.1, -0.05) is 12.1 Å². The molecule has 1 saturated carbocycles. The number of fused-ring (bicyclic) bond motifs is 1. The molecule has 5 rings (SSSR count). The molecule has 0 unspecified atom stereocenters. The van der Waals surface area contributed by atoms with Crippen LogP contribution in [0.4, 0.5) is 4.39 Å². The van der Waals surface area contributed by atoms with Crippen molar-refractivity contribution in [2.75, 3.05) is 26.3 Å². The molecule has 3 aromatic rings. The first-order valence-corrected chi connectivity index (χ1v) is 10.2. The molecule has 1 aliphatic carbocycles. The van der Waals surface area contributed by atoms with Crippen LogP contribution in [0.25, 0.3) is 21.9 Å². The Morgan fingerprint density at radius 2 is 2.00 bits per heavy atom. The Hall–Kier alpha value is -2.60. The molecule has 1 aromatic carbocycles. The Morgan fingerprint density at radius 3 is 2.72 bits per heavy atom. The number of pyridine rings is 1. The molecule has 2 aliphatic rings. The van der Waals surface area contributed by atoms with E-state index in [0.29, 0.717) is 13.0 Å². The van der Waals surface area contributed by atoms with Gasteiger partial charge in [0.2, 0.25) is 0 Å². The molecule has 2 aromatic heterocycles. The summed E-state index contributed by atoms with van der Waals surface area (Å²) in [6.45, 7) is 2.15. The van der Waals surface area contributed by atoms with E-state index in [1.165, 1.54) is 0 Å². The van der Waals surface area contributed by atoms with Gasteiger partial charge in [-0.2, -0.15) is 5.10 Å². The van der Waals surface area contributed by atoms with E-state index in [9.17, 15) is 9.18 Å². The van der Waals surface area contributed by atoms with E-state index >= 15 is 0 Å². The molecule has 0 N–H and O–H groups in total. The number of likely N-dealkylation sites (tertiary alicyclic amines) is 1. The Kier molecular flexibility index (Phi) is 4.46. The highest BCUT2D eigenvalue weighted by Gasteiger charge is 2.53. The fraction of sp³-hybridized carbons (Fsp3) is 0.435. The summed E-state index contributed by atoms with van der Waals surface area (Å²) in [5, 5.41) is 6.40. The standard InChI is InChI=1S/C23H25FN4O/c1-27-13-20(12-26-27)16-2-3-17-11-25-21(7-18(17)6-16)8-22(29)19-9-23(10-19)14-28(15-23)5-4-24/h2-3,6-7,11-13,19H,4-5,8-10,14-15H2,1H3. The van der Waals surface area contributed by atoms with Crippen LogP contribution in [0.5, 0.6) is 0 Å². The number of aromatic nitrogens is 3. The van der Waals surface area contributed by atoms with Crippen LogP contribution in [0.15, 0.2) is 42.9 Å². The van der Waals surface area contributed by atoms with Gasteiger partial charge in [0.15, 0.2) is 0 Å². The van der Waals surface area contributed by atoms with Gasteiger partial charge in [0.1, 0.15) is 12.5 Å². The molecule has 0 atom stereocenters. The number of alkyl halides is 1. The predicted octanol–water partition coefficient (Wildman–Crippen LogP) is 3.43. The highest BCUT2D eigenvalue weighted by molar-refractivity contribution is 5.89. The molecule has 0 amide bonds. The van der Waals surface area contributed by atoms with Crippen LogP contribution in [-0.2, 0) is 18.3 Å². The van der Waals surface area contributed by atoms with Crippen LogP contribution in [0.2, 0.25) is 0 Å². The first kappa shape index (κ1) is 18.4. The van der Waals surface area contributed by atoms with Crippen molar-refractivity contribution in [2.24, 2.45) is 18.4 Å². The molecule has 1 spiro atoms. The van der Waals surface area contributed by atoms with Crippen LogP contribution < -0.4 is 0 Å². The topological polar surface area (TPSA) is 51.0 Å². The summed E-state index contributed by atoms with van der Waals surface area (Å²) in [5.41, 5.74) is 3.30. The van der Waals surface area contributed by atoms with Crippen molar-refractivity contribution in [3.05, 3.63) is 48.5 Å². The molecule has 29 heavy (non-hydrogen) atoms. The first-order chi connectivity index (χ1) is 14.0. The number of rotatable bonds is 6. The largest absolute Gasteiger partial charge is 0.300 e. The van der Waals surface area contributed by atoms with E-state index in [0.717, 1.165) is 53.5 Å². The maximum Gasteiger partial charge on any atom is 0.141 e. The van der Waals surface area contributed by atoms with Crippen molar-refractivity contribution in [1.82, 2.24) is 19.7 Å². The molecule has 0 radical (unpaired) electrons. The highest BCUT2D eigenvalue weighted by Crippen LogP contribution is 2.52. The summed E-state index contributed by atoms with van der Waals surface area (Å²) in [5.74, 6) is 0.427. The van der Waals surface area contributed by atoms with Crippen LogP contribution in [0.1, 0.15) is 18.5 Å². The molecule has 1 saturated heterocycles. The lowest BCUT2D eigenvalue weighted by Gasteiger charge is -2.58. The number of hydrogen-bond donors (Lipinski definition) is 0. The lowest BCUT2D eigenvalue weighted by Crippen LogP contribution is -2.63. The lowest BCUT2D eigenvalue weighted by molar-refractivity contribution is -0.141. The van der Waals surface area contributed by atoms with E-state index < -0.39 is 0 Å².